The van der Waals surface area contributed by atoms with E-state index >= 15 is 0 Å². The van der Waals surface area contributed by atoms with E-state index < -0.39 is 16.0 Å². The van der Waals surface area contributed by atoms with Crippen molar-refractivity contribution < 1.29 is 22.7 Å². The van der Waals surface area contributed by atoms with Gasteiger partial charge in [0.1, 0.15) is 13.2 Å². The van der Waals surface area contributed by atoms with Crippen molar-refractivity contribution >= 4 is 27.8 Å². The third-order valence-corrected chi connectivity index (χ3v) is 5.23. The van der Waals surface area contributed by atoms with Crippen LogP contribution in [-0.4, -0.2) is 45.0 Å². The molecule has 0 unspecified atom stereocenters. The Bertz CT molecular complexity index is 378. The van der Waals surface area contributed by atoms with Gasteiger partial charge in [-0.05, 0) is 0 Å². The zero-order valence-electron chi connectivity index (χ0n) is 9.68. The first kappa shape index (κ1) is 14.4. The number of hydrogen-bond donors (Lipinski definition) is 0. The van der Waals surface area contributed by atoms with Crippen LogP contribution in [0.2, 0.25) is 0 Å². The van der Waals surface area contributed by atoms with Crippen LogP contribution in [0, 0.1) is 5.41 Å². The van der Waals surface area contributed by atoms with Crippen LogP contribution in [0.25, 0.3) is 0 Å². The van der Waals surface area contributed by atoms with E-state index in [4.69, 9.17) is 9.47 Å². The van der Waals surface area contributed by atoms with Crippen molar-refractivity contribution in [3.8, 4) is 0 Å². The van der Waals surface area contributed by atoms with Gasteiger partial charge in [0, 0.05) is 22.3 Å². The van der Waals surface area contributed by atoms with Crippen LogP contribution in [0.3, 0.4) is 0 Å². The third-order valence-electron chi connectivity index (χ3n) is 2.29. The molecular formula is C10H16O5S2. The van der Waals surface area contributed by atoms with Crippen LogP contribution < -0.4 is 0 Å². The number of carbonyl (C=O) groups is 1. The molecule has 1 aliphatic heterocycles. The molecule has 0 spiro atoms. The van der Waals surface area contributed by atoms with Crippen LogP contribution >= 0.6 is 11.8 Å². The van der Waals surface area contributed by atoms with E-state index in [1.54, 1.807) is 0 Å². The minimum atomic E-state index is -3.12. The number of thioether (sulfide) groups is 1. The molecule has 0 amide bonds. The van der Waals surface area contributed by atoms with Crippen molar-refractivity contribution in [1.29, 1.82) is 0 Å². The molecule has 5 nitrogen and oxygen atoms in total. The van der Waals surface area contributed by atoms with E-state index in [0.29, 0.717) is 24.7 Å². The smallest absolute Gasteiger partial charge is 0.434 e. The SMILES string of the molecule is C=CS(=O)(=O)CCSCC1(C)COC(=O)OC1. The summed E-state index contributed by atoms with van der Waals surface area (Å²) in [4.78, 5) is 10.7. The molecular weight excluding hydrogens is 264 g/mol. The molecule has 0 bridgehead atoms. The predicted octanol–water partition coefficient (Wildman–Crippen LogP) is 1.45. The van der Waals surface area contributed by atoms with Crippen LogP contribution in [0.5, 0.6) is 0 Å². The zero-order chi connectivity index (χ0) is 12.9. The summed E-state index contributed by atoms with van der Waals surface area (Å²) >= 11 is 1.50. The van der Waals surface area contributed by atoms with Crippen molar-refractivity contribution in [1.82, 2.24) is 0 Å². The van der Waals surface area contributed by atoms with Crippen molar-refractivity contribution in [2.75, 3.05) is 30.5 Å². The lowest BCUT2D eigenvalue weighted by molar-refractivity contribution is -0.0425. The molecule has 1 rings (SSSR count). The van der Waals surface area contributed by atoms with Crippen molar-refractivity contribution in [3.63, 3.8) is 0 Å². The second-order valence-electron chi connectivity index (χ2n) is 4.22. The van der Waals surface area contributed by atoms with Gasteiger partial charge in [0.05, 0.1) is 5.75 Å². The number of hydrogen-bond acceptors (Lipinski definition) is 6. The minimum absolute atomic E-state index is 0.0812. The summed E-state index contributed by atoms with van der Waals surface area (Å²) in [7, 11) is -3.12. The van der Waals surface area contributed by atoms with Crippen molar-refractivity contribution in [2.24, 2.45) is 5.41 Å². The Hall–Kier alpha value is -0.690. The lowest BCUT2D eigenvalue weighted by atomic mass is 9.95. The maximum absolute atomic E-state index is 11.1. The lowest BCUT2D eigenvalue weighted by Crippen LogP contribution is -2.39. The standard InChI is InChI=1S/C10H16O5S2/c1-3-17(12,13)5-4-16-8-10(2)6-14-9(11)15-7-10/h3H,1,4-8H2,2H3. The van der Waals surface area contributed by atoms with E-state index in [1.807, 2.05) is 6.92 Å². The monoisotopic (exact) mass is 280 g/mol. The molecule has 7 heteroatoms. The Balaban J connectivity index is 2.27. The first-order chi connectivity index (χ1) is 7.87. The highest BCUT2D eigenvalue weighted by Crippen LogP contribution is 2.27. The van der Waals surface area contributed by atoms with E-state index in [0.717, 1.165) is 5.41 Å². The second-order valence-corrected chi connectivity index (χ2v) is 7.40. The number of carbonyl (C=O) groups excluding carboxylic acids is 1. The molecule has 0 radical (unpaired) electrons. The fourth-order valence-corrected chi connectivity index (χ4v) is 3.58. The topological polar surface area (TPSA) is 69.7 Å². The maximum atomic E-state index is 11.1. The van der Waals surface area contributed by atoms with E-state index in [2.05, 4.69) is 6.58 Å². The average Bonchev–Trinajstić information content (AvgIpc) is 2.29. The first-order valence-corrected chi connectivity index (χ1v) is 7.96. The van der Waals surface area contributed by atoms with Gasteiger partial charge in [0.25, 0.3) is 0 Å². The number of sulfone groups is 1. The highest BCUT2D eigenvalue weighted by molar-refractivity contribution is 8.01. The van der Waals surface area contributed by atoms with E-state index in [9.17, 15) is 13.2 Å². The first-order valence-electron chi connectivity index (χ1n) is 5.09. The molecule has 0 aromatic rings. The summed E-state index contributed by atoms with van der Waals surface area (Å²) in [5.74, 6) is 1.27. The zero-order valence-corrected chi connectivity index (χ0v) is 11.3. The van der Waals surface area contributed by atoms with Crippen molar-refractivity contribution in [3.05, 3.63) is 12.0 Å². The van der Waals surface area contributed by atoms with Gasteiger partial charge in [-0.2, -0.15) is 11.8 Å². The summed E-state index contributed by atoms with van der Waals surface area (Å²) < 4.78 is 31.9. The van der Waals surface area contributed by atoms with Crippen LogP contribution in [0.1, 0.15) is 6.92 Å². The molecule has 0 aromatic carbocycles. The Kier molecular flexibility index (Phi) is 4.88. The quantitative estimate of drug-likeness (QED) is 0.542. The van der Waals surface area contributed by atoms with Gasteiger partial charge in [-0.15, -0.1) is 0 Å². The summed E-state index contributed by atoms with van der Waals surface area (Å²) in [5, 5.41) is 0.973. The molecule has 0 N–H and O–H groups in total. The Morgan fingerprint density at radius 1 is 1.47 bits per heavy atom. The summed E-state index contributed by atoms with van der Waals surface area (Å²) in [6, 6.07) is 0. The Morgan fingerprint density at radius 3 is 2.59 bits per heavy atom. The van der Waals surface area contributed by atoms with Gasteiger partial charge in [-0.1, -0.05) is 13.5 Å². The van der Waals surface area contributed by atoms with Gasteiger partial charge in [-0.25, -0.2) is 13.2 Å². The van der Waals surface area contributed by atoms with Crippen molar-refractivity contribution in [2.45, 2.75) is 6.92 Å². The van der Waals surface area contributed by atoms with Gasteiger partial charge in [-0.3, -0.25) is 0 Å². The van der Waals surface area contributed by atoms with E-state index in [-0.39, 0.29) is 11.2 Å². The maximum Gasteiger partial charge on any atom is 0.508 e. The molecule has 1 aliphatic rings. The average molecular weight is 280 g/mol. The summed E-state index contributed by atoms with van der Waals surface area (Å²) in [5.41, 5.74) is -0.240. The van der Waals surface area contributed by atoms with Gasteiger partial charge >= 0.3 is 6.16 Å². The molecule has 17 heavy (non-hydrogen) atoms. The third kappa shape index (κ3) is 4.99. The summed E-state index contributed by atoms with van der Waals surface area (Å²) in [6.45, 7) is 5.81. The lowest BCUT2D eigenvalue weighted by Gasteiger charge is -2.31. The fraction of sp³-hybridized carbons (Fsp3) is 0.700. The highest BCUT2D eigenvalue weighted by Gasteiger charge is 2.33. The molecule has 0 saturated carbocycles. The molecule has 1 fully saturated rings. The largest absolute Gasteiger partial charge is 0.508 e. The molecule has 1 heterocycles. The molecule has 0 atom stereocenters. The van der Waals surface area contributed by atoms with Gasteiger partial charge in [0.2, 0.25) is 0 Å². The van der Waals surface area contributed by atoms with E-state index in [1.165, 1.54) is 11.8 Å². The summed E-state index contributed by atoms with van der Waals surface area (Å²) in [6.07, 6.45) is -0.637. The molecule has 1 saturated heterocycles. The predicted molar refractivity (Wildman–Crippen MR) is 66.7 cm³/mol. The molecule has 98 valence electrons. The van der Waals surface area contributed by atoms with Crippen LogP contribution in [0.4, 0.5) is 4.79 Å². The van der Waals surface area contributed by atoms with Crippen LogP contribution in [-0.2, 0) is 19.3 Å². The normalized spacial score (nSPS) is 19.2. The minimum Gasteiger partial charge on any atom is -0.434 e. The van der Waals surface area contributed by atoms with Gasteiger partial charge < -0.3 is 9.47 Å². The highest BCUT2D eigenvalue weighted by atomic mass is 32.2. The number of ether oxygens (including phenoxy) is 2. The Morgan fingerprint density at radius 2 is 2.06 bits per heavy atom. The molecule has 0 aliphatic carbocycles. The number of cyclic esters (lactones) is 2. The molecule has 0 aromatic heterocycles. The van der Waals surface area contributed by atoms with Crippen LogP contribution in [0.15, 0.2) is 12.0 Å². The fourth-order valence-electron chi connectivity index (χ4n) is 1.21. The number of rotatable bonds is 6. The van der Waals surface area contributed by atoms with Gasteiger partial charge in [0.15, 0.2) is 9.84 Å². The second kappa shape index (κ2) is 5.77. The Labute approximate surface area is 105 Å².